The molecular formula is C12H17BrO4S. The molecule has 0 aromatic heterocycles. The van der Waals surface area contributed by atoms with Crippen LogP contribution in [0.1, 0.15) is 13.8 Å². The molecule has 0 atom stereocenters. The summed E-state index contributed by atoms with van der Waals surface area (Å²) in [4.78, 5) is 0.219. The van der Waals surface area contributed by atoms with Crippen LogP contribution in [0, 0.1) is 5.41 Å². The van der Waals surface area contributed by atoms with Gasteiger partial charge in [0, 0.05) is 12.0 Å². The maximum atomic E-state index is 12.2. The molecule has 0 aliphatic carbocycles. The zero-order chi connectivity index (χ0) is 14.0. The molecular weight excluding hydrogens is 320 g/mol. The van der Waals surface area contributed by atoms with E-state index >= 15 is 0 Å². The first-order valence-corrected chi connectivity index (χ1v) is 7.83. The number of methoxy groups -OCH3 is 1. The van der Waals surface area contributed by atoms with Crippen molar-refractivity contribution in [2.75, 3.05) is 19.5 Å². The van der Waals surface area contributed by atoms with E-state index in [1.807, 2.05) is 0 Å². The van der Waals surface area contributed by atoms with E-state index in [0.717, 1.165) is 0 Å². The summed E-state index contributed by atoms with van der Waals surface area (Å²) in [6, 6.07) is 4.62. The number of hydrogen-bond donors (Lipinski definition) is 1. The van der Waals surface area contributed by atoms with Gasteiger partial charge in [-0.15, -0.1) is 0 Å². The van der Waals surface area contributed by atoms with Crippen molar-refractivity contribution in [3.63, 3.8) is 0 Å². The van der Waals surface area contributed by atoms with E-state index in [2.05, 4.69) is 15.9 Å². The lowest BCUT2D eigenvalue weighted by Crippen LogP contribution is -2.27. The first-order valence-electron chi connectivity index (χ1n) is 5.39. The van der Waals surface area contributed by atoms with Crippen molar-refractivity contribution in [1.29, 1.82) is 0 Å². The summed E-state index contributed by atoms with van der Waals surface area (Å²) in [5.74, 6) is 0.477. The maximum absolute atomic E-state index is 12.2. The van der Waals surface area contributed by atoms with Gasteiger partial charge in [0.2, 0.25) is 0 Å². The number of aliphatic hydroxyl groups is 1. The van der Waals surface area contributed by atoms with Crippen molar-refractivity contribution in [1.82, 2.24) is 0 Å². The minimum Gasteiger partial charge on any atom is -0.496 e. The molecule has 0 unspecified atom stereocenters. The smallest absolute Gasteiger partial charge is 0.179 e. The summed E-state index contributed by atoms with van der Waals surface area (Å²) in [6.07, 6.45) is 0. The van der Waals surface area contributed by atoms with E-state index in [0.29, 0.717) is 10.2 Å². The molecule has 0 aliphatic heterocycles. The van der Waals surface area contributed by atoms with Crippen molar-refractivity contribution in [3.8, 4) is 5.75 Å². The third-order valence-corrected chi connectivity index (χ3v) is 5.24. The molecule has 1 rings (SSSR count). The number of benzene rings is 1. The van der Waals surface area contributed by atoms with Crippen LogP contribution in [0.2, 0.25) is 0 Å². The average molecular weight is 337 g/mol. The molecule has 0 spiro atoms. The van der Waals surface area contributed by atoms with E-state index in [4.69, 9.17) is 9.84 Å². The number of sulfone groups is 1. The normalized spacial score (nSPS) is 12.5. The van der Waals surface area contributed by atoms with Crippen LogP contribution in [0.25, 0.3) is 0 Å². The van der Waals surface area contributed by atoms with Crippen molar-refractivity contribution >= 4 is 25.8 Å². The van der Waals surface area contributed by atoms with Gasteiger partial charge in [0.1, 0.15) is 5.75 Å². The lowest BCUT2D eigenvalue weighted by Gasteiger charge is -2.21. The summed E-state index contributed by atoms with van der Waals surface area (Å²) in [7, 11) is -1.91. The Hall–Kier alpha value is -0.590. The Morgan fingerprint density at radius 2 is 2.00 bits per heavy atom. The standard InChI is InChI=1S/C12H17BrO4S/c1-12(2,7-14)8-18(15,16)9-4-5-11(17-3)10(13)6-9/h4-6,14H,7-8H2,1-3H3. The van der Waals surface area contributed by atoms with Gasteiger partial charge in [-0.25, -0.2) is 8.42 Å². The monoisotopic (exact) mass is 336 g/mol. The Bertz CT molecular complexity index is 523. The minimum absolute atomic E-state index is 0.102. The van der Waals surface area contributed by atoms with Crippen molar-refractivity contribution < 1.29 is 18.3 Å². The van der Waals surface area contributed by atoms with Crippen LogP contribution in [-0.2, 0) is 9.84 Å². The molecule has 0 fully saturated rings. The highest BCUT2D eigenvalue weighted by atomic mass is 79.9. The Morgan fingerprint density at radius 1 is 1.39 bits per heavy atom. The van der Waals surface area contributed by atoms with Crippen molar-refractivity contribution in [3.05, 3.63) is 22.7 Å². The van der Waals surface area contributed by atoms with Gasteiger partial charge in [-0.3, -0.25) is 0 Å². The Kier molecular flexibility index (Phi) is 4.80. The molecule has 0 radical (unpaired) electrons. The highest BCUT2D eigenvalue weighted by Crippen LogP contribution is 2.29. The highest BCUT2D eigenvalue weighted by Gasteiger charge is 2.27. The molecule has 6 heteroatoms. The Balaban J connectivity index is 3.10. The largest absolute Gasteiger partial charge is 0.496 e. The first kappa shape index (κ1) is 15.5. The summed E-state index contributed by atoms with van der Waals surface area (Å²) in [6.45, 7) is 3.25. The quantitative estimate of drug-likeness (QED) is 0.895. The molecule has 0 bridgehead atoms. The summed E-state index contributed by atoms with van der Waals surface area (Å²) < 4.78 is 30.0. The van der Waals surface area contributed by atoms with E-state index in [9.17, 15) is 8.42 Å². The third-order valence-electron chi connectivity index (χ3n) is 2.49. The fourth-order valence-corrected chi connectivity index (χ4v) is 4.04. The molecule has 0 aliphatic rings. The molecule has 0 amide bonds. The fourth-order valence-electron chi connectivity index (χ4n) is 1.48. The van der Waals surface area contributed by atoms with Crippen LogP contribution in [-0.4, -0.2) is 33.0 Å². The topological polar surface area (TPSA) is 63.6 Å². The zero-order valence-electron chi connectivity index (χ0n) is 10.6. The van der Waals surface area contributed by atoms with Gasteiger partial charge in [0.25, 0.3) is 0 Å². The Labute approximate surface area is 116 Å². The third kappa shape index (κ3) is 3.70. The van der Waals surface area contributed by atoms with Gasteiger partial charge in [0.05, 0.1) is 22.2 Å². The second-order valence-electron chi connectivity index (χ2n) is 4.88. The molecule has 0 saturated carbocycles. The predicted octanol–water partition coefficient (Wildman–Crippen LogP) is 2.25. The van der Waals surface area contributed by atoms with Gasteiger partial charge in [0.15, 0.2) is 9.84 Å². The van der Waals surface area contributed by atoms with Gasteiger partial charge >= 0.3 is 0 Å². The molecule has 102 valence electrons. The van der Waals surface area contributed by atoms with Gasteiger partial charge in [-0.1, -0.05) is 13.8 Å². The van der Waals surface area contributed by atoms with E-state index in [-0.39, 0.29) is 17.3 Å². The number of ether oxygens (including phenoxy) is 1. The average Bonchev–Trinajstić information content (AvgIpc) is 2.27. The lowest BCUT2D eigenvalue weighted by atomic mass is 9.98. The van der Waals surface area contributed by atoms with Crippen LogP contribution in [0.15, 0.2) is 27.6 Å². The summed E-state index contributed by atoms with van der Waals surface area (Å²) in [5, 5.41) is 9.15. The molecule has 1 aromatic rings. The second kappa shape index (κ2) is 5.59. The first-order chi connectivity index (χ1) is 8.22. The van der Waals surface area contributed by atoms with Gasteiger partial charge < -0.3 is 9.84 Å². The van der Waals surface area contributed by atoms with E-state index in [1.165, 1.54) is 19.2 Å². The molecule has 18 heavy (non-hydrogen) atoms. The van der Waals surface area contributed by atoms with Gasteiger partial charge in [-0.2, -0.15) is 0 Å². The Morgan fingerprint density at radius 3 is 2.44 bits per heavy atom. The second-order valence-corrected chi connectivity index (χ2v) is 7.72. The van der Waals surface area contributed by atoms with Crippen LogP contribution in [0.5, 0.6) is 5.75 Å². The molecule has 4 nitrogen and oxygen atoms in total. The summed E-state index contributed by atoms with van der Waals surface area (Å²) >= 11 is 3.26. The molecule has 0 saturated heterocycles. The SMILES string of the molecule is COc1ccc(S(=O)(=O)CC(C)(C)CO)cc1Br. The number of hydrogen-bond acceptors (Lipinski definition) is 4. The van der Waals surface area contributed by atoms with Crippen molar-refractivity contribution in [2.45, 2.75) is 18.7 Å². The molecule has 1 aromatic carbocycles. The maximum Gasteiger partial charge on any atom is 0.179 e. The van der Waals surface area contributed by atoms with Crippen molar-refractivity contribution in [2.24, 2.45) is 5.41 Å². The number of rotatable bonds is 5. The predicted molar refractivity (Wildman–Crippen MR) is 73.6 cm³/mol. The molecule has 1 N–H and O–H groups in total. The molecule has 0 heterocycles. The van der Waals surface area contributed by atoms with Crippen LogP contribution < -0.4 is 4.74 Å². The fraction of sp³-hybridized carbons (Fsp3) is 0.500. The van der Waals surface area contributed by atoms with E-state index in [1.54, 1.807) is 19.9 Å². The summed E-state index contributed by atoms with van der Waals surface area (Å²) in [5.41, 5.74) is -0.661. The minimum atomic E-state index is -3.42. The zero-order valence-corrected chi connectivity index (χ0v) is 13.0. The number of aliphatic hydroxyl groups excluding tert-OH is 1. The van der Waals surface area contributed by atoms with Gasteiger partial charge in [-0.05, 0) is 34.1 Å². The van der Waals surface area contributed by atoms with Crippen LogP contribution in [0.3, 0.4) is 0 Å². The van der Waals surface area contributed by atoms with Crippen LogP contribution >= 0.6 is 15.9 Å². The highest BCUT2D eigenvalue weighted by molar-refractivity contribution is 9.10. The van der Waals surface area contributed by atoms with E-state index < -0.39 is 15.3 Å². The number of halogens is 1. The van der Waals surface area contributed by atoms with Crippen LogP contribution in [0.4, 0.5) is 0 Å². The lowest BCUT2D eigenvalue weighted by molar-refractivity contribution is 0.179.